The van der Waals surface area contributed by atoms with Crippen LogP contribution in [0.3, 0.4) is 0 Å². The fraction of sp³-hybridized carbons (Fsp3) is 0.455. The van der Waals surface area contributed by atoms with Crippen LogP contribution in [0.2, 0.25) is 0 Å². The number of hydrogen-bond donors (Lipinski definition) is 1. The lowest BCUT2D eigenvalue weighted by Gasteiger charge is -2.18. The van der Waals surface area contributed by atoms with Crippen LogP contribution in [0.15, 0.2) is 48.5 Å². The van der Waals surface area contributed by atoms with Gasteiger partial charge in [0.1, 0.15) is 0 Å². The van der Waals surface area contributed by atoms with E-state index in [-0.39, 0.29) is 6.10 Å². The van der Waals surface area contributed by atoms with Crippen molar-refractivity contribution in [2.75, 3.05) is 26.7 Å². The zero-order chi connectivity index (χ0) is 18.5. The third kappa shape index (κ3) is 4.37. The molecule has 1 aliphatic rings. The molecule has 140 valence electrons. The molecule has 2 aromatic rings. The molecule has 0 aromatic heterocycles. The summed E-state index contributed by atoms with van der Waals surface area (Å²) >= 11 is 0. The highest BCUT2D eigenvalue weighted by Crippen LogP contribution is 2.34. The van der Waals surface area contributed by atoms with Crippen molar-refractivity contribution in [3.63, 3.8) is 0 Å². The Morgan fingerprint density at radius 3 is 2.50 bits per heavy atom. The van der Waals surface area contributed by atoms with Crippen molar-refractivity contribution in [3.05, 3.63) is 59.7 Å². The smallest absolute Gasteiger partial charge is 0.161 e. The Labute approximate surface area is 156 Å². The molecule has 0 radical (unpaired) electrons. The first-order valence-corrected chi connectivity index (χ1v) is 9.41. The van der Waals surface area contributed by atoms with Crippen molar-refractivity contribution < 1.29 is 9.47 Å². The van der Waals surface area contributed by atoms with Gasteiger partial charge in [-0.2, -0.15) is 0 Å². The molecule has 4 heteroatoms. The number of ether oxygens (including phenoxy) is 2. The summed E-state index contributed by atoms with van der Waals surface area (Å²) in [4.78, 5) is 2.49. The Morgan fingerprint density at radius 2 is 1.85 bits per heavy atom. The molecule has 4 nitrogen and oxygen atoms in total. The molecule has 2 atom stereocenters. The van der Waals surface area contributed by atoms with Crippen molar-refractivity contribution in [2.24, 2.45) is 11.7 Å². The van der Waals surface area contributed by atoms with E-state index in [4.69, 9.17) is 15.2 Å². The van der Waals surface area contributed by atoms with Gasteiger partial charge < -0.3 is 15.2 Å². The number of rotatable bonds is 7. The topological polar surface area (TPSA) is 47.7 Å². The highest BCUT2D eigenvalue weighted by atomic mass is 16.5. The Hall–Kier alpha value is -2.04. The van der Waals surface area contributed by atoms with E-state index in [2.05, 4.69) is 47.4 Å². The summed E-state index contributed by atoms with van der Waals surface area (Å²) in [6.07, 6.45) is 0.130. The predicted molar refractivity (Wildman–Crippen MR) is 106 cm³/mol. The molecule has 0 amide bonds. The Balaban J connectivity index is 1.71. The zero-order valence-corrected chi connectivity index (χ0v) is 16.0. The summed E-state index contributed by atoms with van der Waals surface area (Å²) in [7, 11) is 1.69. The van der Waals surface area contributed by atoms with E-state index in [1.54, 1.807) is 7.11 Å². The van der Waals surface area contributed by atoms with Crippen LogP contribution >= 0.6 is 0 Å². The maximum atomic E-state index is 6.07. The minimum absolute atomic E-state index is 0.130. The summed E-state index contributed by atoms with van der Waals surface area (Å²) in [5, 5.41) is 0. The molecule has 0 unspecified atom stereocenters. The van der Waals surface area contributed by atoms with Gasteiger partial charge in [0.25, 0.3) is 0 Å². The molecule has 0 bridgehead atoms. The van der Waals surface area contributed by atoms with Gasteiger partial charge in [0.2, 0.25) is 0 Å². The molecular weight excluding hydrogens is 324 g/mol. The number of nitrogens with zero attached hydrogens (tertiary/aromatic N) is 1. The van der Waals surface area contributed by atoms with Crippen LogP contribution in [-0.2, 0) is 6.54 Å². The molecule has 1 fully saturated rings. The normalized spacial score (nSPS) is 20.5. The molecule has 2 N–H and O–H groups in total. The number of benzene rings is 2. The predicted octanol–water partition coefficient (Wildman–Crippen LogP) is 3.66. The van der Waals surface area contributed by atoms with E-state index in [9.17, 15) is 0 Å². The summed E-state index contributed by atoms with van der Waals surface area (Å²) in [6.45, 7) is 7.74. The van der Waals surface area contributed by atoms with E-state index in [1.807, 2.05) is 19.9 Å². The summed E-state index contributed by atoms with van der Waals surface area (Å²) in [5.74, 6) is 2.61. The molecular formula is C22H30N2O2. The molecule has 1 aliphatic heterocycles. The lowest BCUT2D eigenvalue weighted by atomic mass is 9.89. The van der Waals surface area contributed by atoms with Gasteiger partial charge in [0.15, 0.2) is 11.5 Å². The molecule has 1 heterocycles. The van der Waals surface area contributed by atoms with Crippen LogP contribution in [0.1, 0.15) is 30.9 Å². The standard InChI is InChI=1S/C22H30N2O2/c1-16(2)26-21-10-9-17(11-22(21)25-3)13-24-14-19(12-23)20(15-24)18-7-5-4-6-8-18/h4-11,16,19-20H,12-15,23H2,1-3H3/t19-,20+/m1/s1. The summed E-state index contributed by atoms with van der Waals surface area (Å²) in [5.41, 5.74) is 8.70. The number of likely N-dealkylation sites (tertiary alicyclic amines) is 1. The second kappa shape index (κ2) is 8.56. The van der Waals surface area contributed by atoms with Gasteiger partial charge in [-0.1, -0.05) is 36.4 Å². The van der Waals surface area contributed by atoms with Gasteiger partial charge in [-0.15, -0.1) is 0 Å². The van der Waals surface area contributed by atoms with Crippen molar-refractivity contribution in [1.29, 1.82) is 0 Å². The Kier molecular flexibility index (Phi) is 6.17. The monoisotopic (exact) mass is 354 g/mol. The Bertz CT molecular complexity index is 703. The number of nitrogens with two attached hydrogens (primary N) is 1. The minimum atomic E-state index is 0.130. The van der Waals surface area contributed by atoms with Crippen LogP contribution in [0.25, 0.3) is 0 Å². The van der Waals surface area contributed by atoms with Gasteiger partial charge in [-0.05, 0) is 49.6 Å². The molecule has 0 spiro atoms. The van der Waals surface area contributed by atoms with Crippen LogP contribution in [0.5, 0.6) is 11.5 Å². The van der Waals surface area contributed by atoms with Crippen LogP contribution in [0.4, 0.5) is 0 Å². The number of hydrogen-bond acceptors (Lipinski definition) is 4. The van der Waals surface area contributed by atoms with Crippen molar-refractivity contribution in [3.8, 4) is 11.5 Å². The first-order valence-electron chi connectivity index (χ1n) is 9.41. The third-order valence-corrected chi connectivity index (χ3v) is 5.04. The first-order chi connectivity index (χ1) is 12.6. The van der Waals surface area contributed by atoms with Crippen LogP contribution in [0, 0.1) is 5.92 Å². The minimum Gasteiger partial charge on any atom is -0.493 e. The van der Waals surface area contributed by atoms with Gasteiger partial charge in [-0.3, -0.25) is 4.90 Å². The van der Waals surface area contributed by atoms with E-state index in [0.717, 1.165) is 37.7 Å². The first kappa shape index (κ1) is 18.7. The fourth-order valence-electron chi connectivity index (χ4n) is 3.83. The van der Waals surface area contributed by atoms with Gasteiger partial charge >= 0.3 is 0 Å². The summed E-state index contributed by atoms with van der Waals surface area (Å²) < 4.78 is 11.3. The second-order valence-electron chi connectivity index (χ2n) is 7.36. The van der Waals surface area contributed by atoms with E-state index >= 15 is 0 Å². The SMILES string of the molecule is COc1cc(CN2C[C@@H](CN)[C@H](c3ccccc3)C2)ccc1OC(C)C. The second-order valence-corrected chi connectivity index (χ2v) is 7.36. The molecule has 0 aliphatic carbocycles. The zero-order valence-electron chi connectivity index (χ0n) is 16.0. The Morgan fingerprint density at radius 1 is 1.08 bits per heavy atom. The average Bonchev–Trinajstić information content (AvgIpc) is 3.06. The quantitative estimate of drug-likeness (QED) is 0.824. The highest BCUT2D eigenvalue weighted by molar-refractivity contribution is 5.43. The van der Waals surface area contributed by atoms with E-state index in [1.165, 1.54) is 11.1 Å². The van der Waals surface area contributed by atoms with Crippen LogP contribution in [-0.4, -0.2) is 37.7 Å². The highest BCUT2D eigenvalue weighted by Gasteiger charge is 2.32. The van der Waals surface area contributed by atoms with E-state index in [0.29, 0.717) is 11.8 Å². The third-order valence-electron chi connectivity index (χ3n) is 5.04. The largest absolute Gasteiger partial charge is 0.493 e. The lowest BCUT2D eigenvalue weighted by molar-refractivity contribution is 0.229. The van der Waals surface area contributed by atoms with Crippen LogP contribution < -0.4 is 15.2 Å². The van der Waals surface area contributed by atoms with E-state index < -0.39 is 0 Å². The van der Waals surface area contributed by atoms with Crippen molar-refractivity contribution in [2.45, 2.75) is 32.4 Å². The van der Waals surface area contributed by atoms with Gasteiger partial charge in [-0.25, -0.2) is 0 Å². The lowest BCUT2D eigenvalue weighted by Crippen LogP contribution is -2.23. The maximum Gasteiger partial charge on any atom is 0.161 e. The molecule has 2 aromatic carbocycles. The average molecular weight is 354 g/mol. The molecule has 0 saturated carbocycles. The molecule has 1 saturated heterocycles. The number of methoxy groups -OCH3 is 1. The van der Waals surface area contributed by atoms with Gasteiger partial charge in [0, 0.05) is 25.6 Å². The summed E-state index contributed by atoms with van der Waals surface area (Å²) in [6, 6.07) is 17.0. The van der Waals surface area contributed by atoms with Crippen molar-refractivity contribution in [1.82, 2.24) is 4.90 Å². The molecule has 3 rings (SSSR count). The van der Waals surface area contributed by atoms with Crippen molar-refractivity contribution >= 4 is 0 Å². The fourth-order valence-corrected chi connectivity index (χ4v) is 3.83. The molecule has 26 heavy (non-hydrogen) atoms. The van der Waals surface area contributed by atoms with Gasteiger partial charge in [0.05, 0.1) is 13.2 Å². The maximum absolute atomic E-state index is 6.07.